The van der Waals surface area contributed by atoms with E-state index in [9.17, 15) is 0 Å². The minimum absolute atomic E-state index is 0.444. The second-order valence-electron chi connectivity index (χ2n) is 10.5. The maximum Gasteiger partial charge on any atom is 0.138 e. The number of aromatic amines is 1. The van der Waals surface area contributed by atoms with E-state index in [4.69, 9.17) is 4.98 Å². The number of benzene rings is 2. The van der Waals surface area contributed by atoms with Crippen molar-refractivity contribution in [3.8, 4) is 11.1 Å². The Morgan fingerprint density at radius 1 is 1.16 bits per heavy atom. The molecule has 3 N–H and O–H groups in total. The van der Waals surface area contributed by atoms with Crippen molar-refractivity contribution in [2.24, 2.45) is 0 Å². The highest BCUT2D eigenvalue weighted by molar-refractivity contribution is 8.26. The first-order valence-electron chi connectivity index (χ1n) is 13.1. The van der Waals surface area contributed by atoms with Crippen LogP contribution in [0.4, 0.5) is 0 Å². The van der Waals surface area contributed by atoms with Gasteiger partial charge in [0.1, 0.15) is 5.65 Å². The quantitative estimate of drug-likeness (QED) is 0.257. The number of likely N-dealkylation sites (tertiary alicyclic amines) is 1. The van der Waals surface area contributed by atoms with Crippen LogP contribution in [-0.4, -0.2) is 59.3 Å². The third-order valence-electron chi connectivity index (χ3n) is 7.56. The van der Waals surface area contributed by atoms with E-state index >= 15 is 0 Å². The molecule has 0 aliphatic carbocycles. The number of aryl methyl sites for hydroxylation is 2. The molecule has 1 aliphatic rings. The molecular formula is C31H39N5S. The molecule has 5 nitrogen and oxygen atoms in total. The molecule has 0 bridgehead atoms. The predicted molar refractivity (Wildman–Crippen MR) is 165 cm³/mol. The summed E-state index contributed by atoms with van der Waals surface area (Å²) in [7, 11) is 0.601. The molecule has 2 aromatic carbocycles. The van der Waals surface area contributed by atoms with Gasteiger partial charge >= 0.3 is 0 Å². The average Bonchev–Trinajstić information content (AvgIpc) is 3.25. The van der Waals surface area contributed by atoms with E-state index in [-0.39, 0.29) is 0 Å². The van der Waals surface area contributed by atoms with Gasteiger partial charge in [0.15, 0.2) is 0 Å². The van der Waals surface area contributed by atoms with Crippen LogP contribution in [-0.2, 0) is 0 Å². The van der Waals surface area contributed by atoms with E-state index in [2.05, 4.69) is 102 Å². The lowest BCUT2D eigenvalue weighted by Crippen LogP contribution is -2.40. The van der Waals surface area contributed by atoms with Crippen molar-refractivity contribution in [3.05, 3.63) is 65.9 Å². The molecule has 0 atom stereocenters. The van der Waals surface area contributed by atoms with Crippen molar-refractivity contribution in [1.82, 2.24) is 24.9 Å². The Morgan fingerprint density at radius 3 is 2.65 bits per heavy atom. The summed E-state index contributed by atoms with van der Waals surface area (Å²) in [6, 6.07) is 13.7. The Balaban J connectivity index is 1.69. The smallest absolute Gasteiger partial charge is 0.138 e. The fraction of sp³-hybridized carbons (Fsp3) is 0.323. The number of H-pyrrole nitrogens is 1. The van der Waals surface area contributed by atoms with Crippen molar-refractivity contribution in [2.75, 3.05) is 26.7 Å². The largest absolute Gasteiger partial charge is 0.382 e. The molecule has 0 spiro atoms. The van der Waals surface area contributed by atoms with Crippen LogP contribution in [0.2, 0.25) is 0 Å². The molecule has 6 heteroatoms. The lowest BCUT2D eigenvalue weighted by atomic mass is 9.92. The summed E-state index contributed by atoms with van der Waals surface area (Å²) in [5.41, 5.74) is 8.82. The molecule has 0 saturated carbocycles. The van der Waals surface area contributed by atoms with Gasteiger partial charge in [0.25, 0.3) is 0 Å². The number of rotatable bonds is 7. The van der Waals surface area contributed by atoms with E-state index in [0.29, 0.717) is 6.04 Å². The minimum Gasteiger partial charge on any atom is -0.382 e. The first-order chi connectivity index (χ1) is 17.7. The SMILES string of the molecule is C=C(NC1CCN(C)CC1)c1cc(-c2cccc(S(=C)(=C)NCC)c2)c2c([nH]c3ncc(C)cc32)c1C. The van der Waals surface area contributed by atoms with Gasteiger partial charge in [-0.15, -0.1) is 9.39 Å². The zero-order valence-electron chi connectivity index (χ0n) is 22.6. The Kier molecular flexibility index (Phi) is 6.92. The lowest BCUT2D eigenvalue weighted by molar-refractivity contribution is 0.245. The van der Waals surface area contributed by atoms with Gasteiger partial charge in [-0.25, -0.2) is 4.98 Å². The third kappa shape index (κ3) is 4.93. The Morgan fingerprint density at radius 2 is 1.92 bits per heavy atom. The molecule has 1 fully saturated rings. The number of piperidine rings is 1. The summed E-state index contributed by atoms with van der Waals surface area (Å²) in [4.78, 5) is 11.9. The van der Waals surface area contributed by atoms with E-state index in [1.54, 1.807) is 0 Å². The summed E-state index contributed by atoms with van der Waals surface area (Å²) in [5, 5.41) is 6.11. The van der Waals surface area contributed by atoms with Crippen molar-refractivity contribution in [1.29, 1.82) is 0 Å². The minimum atomic E-state index is -1.59. The number of hydrogen-bond donors (Lipinski definition) is 3. The summed E-state index contributed by atoms with van der Waals surface area (Å²) in [6.45, 7) is 14.0. The van der Waals surface area contributed by atoms with Crippen LogP contribution in [0.5, 0.6) is 0 Å². The van der Waals surface area contributed by atoms with Gasteiger partial charge in [-0.3, -0.25) is 4.72 Å². The zero-order valence-corrected chi connectivity index (χ0v) is 23.4. The number of nitrogens with zero attached hydrogens (tertiary/aromatic N) is 2. The molecule has 0 amide bonds. The number of pyridine rings is 1. The highest BCUT2D eigenvalue weighted by Crippen LogP contribution is 2.41. The topological polar surface area (TPSA) is 56.0 Å². The van der Waals surface area contributed by atoms with Crippen LogP contribution in [0.25, 0.3) is 38.8 Å². The highest BCUT2D eigenvalue weighted by Gasteiger charge is 2.21. The van der Waals surface area contributed by atoms with Crippen LogP contribution in [0, 0.1) is 13.8 Å². The van der Waals surface area contributed by atoms with Crippen LogP contribution in [0.1, 0.15) is 36.5 Å². The van der Waals surface area contributed by atoms with Gasteiger partial charge in [-0.2, -0.15) is 0 Å². The monoisotopic (exact) mass is 513 g/mol. The van der Waals surface area contributed by atoms with E-state index in [1.807, 2.05) is 6.20 Å². The molecule has 0 radical (unpaired) electrons. The highest BCUT2D eigenvalue weighted by atomic mass is 32.2. The maximum atomic E-state index is 4.73. The Labute approximate surface area is 221 Å². The Bertz CT molecular complexity index is 1590. The first kappa shape index (κ1) is 25.6. The van der Waals surface area contributed by atoms with Gasteiger partial charge in [0, 0.05) is 45.7 Å². The van der Waals surface area contributed by atoms with Crippen molar-refractivity contribution >= 4 is 48.8 Å². The number of fused-ring (bicyclic) bond motifs is 3. The Hall–Kier alpha value is -3.06. The summed E-state index contributed by atoms with van der Waals surface area (Å²) in [6.07, 6.45) is 4.18. The molecule has 1 saturated heterocycles. The van der Waals surface area contributed by atoms with Gasteiger partial charge in [0.05, 0.1) is 5.52 Å². The molecule has 1 aliphatic heterocycles. The summed E-state index contributed by atoms with van der Waals surface area (Å²) >= 11 is 0. The zero-order chi connectivity index (χ0) is 26.3. The van der Waals surface area contributed by atoms with Crippen molar-refractivity contribution in [2.45, 2.75) is 44.6 Å². The summed E-state index contributed by atoms with van der Waals surface area (Å²) in [5.74, 6) is 8.85. The van der Waals surface area contributed by atoms with Gasteiger partial charge in [-0.1, -0.05) is 37.4 Å². The second kappa shape index (κ2) is 10.0. The second-order valence-corrected chi connectivity index (χ2v) is 13.0. The molecule has 0 unspecified atom stereocenters. The van der Waals surface area contributed by atoms with Crippen LogP contribution >= 0.6 is 9.39 Å². The molecule has 37 heavy (non-hydrogen) atoms. The van der Waals surface area contributed by atoms with Crippen LogP contribution in [0.15, 0.2) is 54.1 Å². The fourth-order valence-electron chi connectivity index (χ4n) is 5.48. The first-order valence-corrected chi connectivity index (χ1v) is 15.1. The van der Waals surface area contributed by atoms with Gasteiger partial charge in [-0.05, 0) is 93.3 Å². The predicted octanol–water partition coefficient (Wildman–Crippen LogP) is 6.21. The molecule has 4 aromatic rings. The molecule has 2 aromatic heterocycles. The molecule has 3 heterocycles. The van der Waals surface area contributed by atoms with E-state index in [0.717, 1.165) is 76.3 Å². The van der Waals surface area contributed by atoms with Crippen molar-refractivity contribution in [3.63, 3.8) is 0 Å². The molecule has 5 rings (SSSR count). The van der Waals surface area contributed by atoms with Crippen LogP contribution in [0.3, 0.4) is 0 Å². The number of nitrogens with one attached hydrogen (secondary N) is 3. The summed E-state index contributed by atoms with van der Waals surface area (Å²) < 4.78 is 3.49. The number of aromatic nitrogens is 2. The molecular weight excluding hydrogens is 474 g/mol. The van der Waals surface area contributed by atoms with Gasteiger partial charge < -0.3 is 15.2 Å². The van der Waals surface area contributed by atoms with E-state index in [1.165, 1.54) is 16.5 Å². The third-order valence-corrected chi connectivity index (χ3v) is 9.56. The van der Waals surface area contributed by atoms with Gasteiger partial charge in [0.2, 0.25) is 0 Å². The normalized spacial score (nSPS) is 15.5. The average molecular weight is 514 g/mol. The van der Waals surface area contributed by atoms with Crippen LogP contribution < -0.4 is 10.0 Å². The lowest BCUT2D eigenvalue weighted by Gasteiger charge is -2.31. The van der Waals surface area contributed by atoms with E-state index < -0.39 is 9.39 Å². The van der Waals surface area contributed by atoms with Crippen molar-refractivity contribution < 1.29 is 0 Å². The molecule has 194 valence electrons. The maximum absolute atomic E-state index is 4.73. The number of hydrogen-bond acceptors (Lipinski definition) is 4. The standard InChI is InChI=1S/C31H39N5S/c1-8-33-37(6,7)25-11-9-10-23(17-25)27-18-26(22(4)34-24-12-14-36(5)15-13-24)21(3)30-29(27)28-16-20(2)19-32-31(28)35-30/h9-11,16-19,24,33-34H,4,6-8,12-15H2,1-3,5H3,(H,32,35). The fourth-order valence-corrected chi connectivity index (χ4v) is 6.89.